The molecular weight excluding hydrogens is 566 g/mol. The van der Waals surface area contributed by atoms with E-state index in [1.54, 1.807) is 11.1 Å². The van der Waals surface area contributed by atoms with Crippen LogP contribution < -0.4 is 10.5 Å². The van der Waals surface area contributed by atoms with Crippen molar-refractivity contribution >= 4 is 42.8 Å². The van der Waals surface area contributed by atoms with Crippen LogP contribution in [0, 0.1) is 0 Å². The summed E-state index contributed by atoms with van der Waals surface area (Å²) < 4.78 is 48.3. The number of rotatable bonds is 6. The zero-order valence-electron chi connectivity index (χ0n) is 22.9. The zero-order chi connectivity index (χ0) is 28.9. The monoisotopic (exact) mass is 601 g/mol. The lowest BCUT2D eigenvalue weighted by molar-refractivity contribution is 0.149. The van der Waals surface area contributed by atoms with Crippen molar-refractivity contribution in [3.63, 3.8) is 0 Å². The van der Waals surface area contributed by atoms with E-state index in [1.165, 1.54) is 16.1 Å². The molecule has 2 aromatic heterocycles. The summed E-state index contributed by atoms with van der Waals surface area (Å²) in [5.41, 5.74) is 5.50. The number of urea groups is 1. The maximum absolute atomic E-state index is 12.9. The maximum atomic E-state index is 12.9. The molecular formula is C27H35N7O5S2. The number of carbonyl (C=O) groups is 1. The fourth-order valence-corrected chi connectivity index (χ4v) is 8.02. The molecule has 0 atom stereocenters. The smallest absolute Gasteiger partial charge is 0.322 e. The van der Waals surface area contributed by atoms with E-state index in [4.69, 9.17) is 5.14 Å². The second-order valence-electron chi connectivity index (χ2n) is 11.3. The van der Waals surface area contributed by atoms with Crippen LogP contribution in [0.3, 0.4) is 0 Å². The minimum Gasteiger partial charge on any atom is -0.339 e. The highest BCUT2D eigenvalue weighted by atomic mass is 32.2. The number of sulfone groups is 1. The van der Waals surface area contributed by atoms with E-state index >= 15 is 0 Å². The number of carbonyl (C=O) groups excluding carboxylic acids is 1. The van der Waals surface area contributed by atoms with Gasteiger partial charge in [-0.3, -0.25) is 4.90 Å². The first-order valence-corrected chi connectivity index (χ1v) is 17.3. The van der Waals surface area contributed by atoms with Crippen LogP contribution in [0.25, 0.3) is 22.3 Å². The molecule has 6 rings (SSSR count). The van der Waals surface area contributed by atoms with Crippen LogP contribution in [-0.4, -0.2) is 90.7 Å². The van der Waals surface area contributed by atoms with Gasteiger partial charge in [0.25, 0.3) is 10.2 Å². The van der Waals surface area contributed by atoms with Gasteiger partial charge in [0, 0.05) is 48.6 Å². The number of likely N-dealkylation sites (tertiary alicyclic amines) is 1. The minimum absolute atomic E-state index is 0.0903. The van der Waals surface area contributed by atoms with Crippen LogP contribution in [0.15, 0.2) is 36.5 Å². The van der Waals surface area contributed by atoms with Crippen molar-refractivity contribution < 1.29 is 21.6 Å². The number of H-pyrrole nitrogens is 1. The van der Waals surface area contributed by atoms with E-state index < -0.39 is 20.0 Å². The number of piperidine rings is 2. The number of aromatic nitrogens is 2. The summed E-state index contributed by atoms with van der Waals surface area (Å²) in [4.78, 5) is 25.0. The van der Waals surface area contributed by atoms with Gasteiger partial charge in [0.2, 0.25) is 0 Å². The summed E-state index contributed by atoms with van der Waals surface area (Å²) in [6, 6.07) is 10.1. The molecule has 2 amide bonds. The fraction of sp³-hybridized carbons (Fsp3) is 0.481. The van der Waals surface area contributed by atoms with Crippen molar-refractivity contribution in [3.05, 3.63) is 47.7 Å². The number of nitrogens with one attached hydrogen (secondary N) is 2. The Balaban J connectivity index is 1.16. The van der Waals surface area contributed by atoms with E-state index in [9.17, 15) is 21.6 Å². The molecule has 2 fully saturated rings. The van der Waals surface area contributed by atoms with Gasteiger partial charge in [-0.2, -0.15) is 12.7 Å². The van der Waals surface area contributed by atoms with Crippen LogP contribution in [0.4, 0.5) is 10.5 Å². The first-order valence-electron chi connectivity index (χ1n) is 13.8. The number of nitrogens with zero attached hydrogens (tertiary/aromatic N) is 4. The molecule has 220 valence electrons. The molecule has 4 N–H and O–H groups in total. The third-order valence-electron chi connectivity index (χ3n) is 8.64. The van der Waals surface area contributed by atoms with Gasteiger partial charge in [-0.05, 0) is 56.0 Å². The van der Waals surface area contributed by atoms with Crippen molar-refractivity contribution in [2.45, 2.75) is 50.1 Å². The van der Waals surface area contributed by atoms with Crippen molar-refractivity contribution in [1.82, 2.24) is 24.1 Å². The molecule has 41 heavy (non-hydrogen) atoms. The first-order chi connectivity index (χ1) is 19.5. The molecule has 0 unspecified atom stereocenters. The summed E-state index contributed by atoms with van der Waals surface area (Å²) in [6.45, 7) is 3.31. The molecule has 0 saturated carbocycles. The molecule has 5 heterocycles. The van der Waals surface area contributed by atoms with Gasteiger partial charge in [-0.25, -0.2) is 23.3 Å². The Kier molecular flexibility index (Phi) is 7.30. The zero-order valence-corrected chi connectivity index (χ0v) is 24.5. The van der Waals surface area contributed by atoms with E-state index in [0.29, 0.717) is 37.9 Å². The van der Waals surface area contributed by atoms with Gasteiger partial charge < -0.3 is 15.2 Å². The predicted octanol–water partition coefficient (Wildman–Crippen LogP) is 2.25. The van der Waals surface area contributed by atoms with Gasteiger partial charge in [-0.15, -0.1) is 0 Å². The Hall–Kier alpha value is -3.04. The number of amides is 2. The highest BCUT2D eigenvalue weighted by Gasteiger charge is 2.34. The summed E-state index contributed by atoms with van der Waals surface area (Å²) in [6.07, 6.45) is 5.40. The minimum atomic E-state index is -3.73. The molecule has 0 radical (unpaired) electrons. The lowest BCUT2D eigenvalue weighted by atomic mass is 10.0. The Morgan fingerprint density at radius 1 is 1.00 bits per heavy atom. The van der Waals surface area contributed by atoms with Crippen molar-refractivity contribution in [3.8, 4) is 11.3 Å². The summed E-state index contributed by atoms with van der Waals surface area (Å²) in [5.74, 6) is 0. The van der Waals surface area contributed by atoms with E-state index in [1.807, 2.05) is 0 Å². The van der Waals surface area contributed by atoms with Gasteiger partial charge in [0.05, 0.1) is 23.7 Å². The standard InChI is InChI=1S/C27H35N7O5S2/c1-40(36,37)21-8-10-32(11-9-21)16-18-2-4-19(5-3-18)24-14-22-23-17-34(20-6-12-33(13-7-20)41(28,38)39)27(35)31-25(23)15-29-26(22)30-24/h2-5,14-15,20-21H,6-13,16-17H2,1H3,(H,29,30)(H,31,35)(H2,28,38,39). The largest absolute Gasteiger partial charge is 0.339 e. The Morgan fingerprint density at radius 2 is 1.68 bits per heavy atom. The average molecular weight is 602 g/mol. The molecule has 0 aliphatic carbocycles. The van der Waals surface area contributed by atoms with Crippen LogP contribution >= 0.6 is 0 Å². The summed E-state index contributed by atoms with van der Waals surface area (Å²) >= 11 is 0. The third-order valence-corrected chi connectivity index (χ3v) is 11.4. The number of aromatic amines is 1. The molecule has 0 spiro atoms. The second-order valence-corrected chi connectivity index (χ2v) is 15.2. The average Bonchev–Trinajstić information content (AvgIpc) is 3.37. The molecule has 3 aliphatic heterocycles. The van der Waals surface area contributed by atoms with Crippen LogP contribution in [0.2, 0.25) is 0 Å². The lowest BCUT2D eigenvalue weighted by Crippen LogP contribution is -2.52. The van der Waals surface area contributed by atoms with Gasteiger partial charge >= 0.3 is 6.03 Å². The van der Waals surface area contributed by atoms with Crippen molar-refractivity contribution in [2.75, 3.05) is 37.8 Å². The number of pyridine rings is 1. The topological polar surface area (TPSA) is 162 Å². The number of hydrogen-bond acceptors (Lipinski definition) is 7. The van der Waals surface area contributed by atoms with Gasteiger partial charge in [-0.1, -0.05) is 24.3 Å². The molecule has 0 bridgehead atoms. The highest BCUT2D eigenvalue weighted by molar-refractivity contribution is 7.91. The molecule has 12 nitrogen and oxygen atoms in total. The van der Waals surface area contributed by atoms with E-state index in [-0.39, 0.29) is 30.4 Å². The molecule has 3 aliphatic rings. The number of anilines is 1. The number of nitrogens with two attached hydrogens (primary N) is 1. The van der Waals surface area contributed by atoms with Crippen LogP contribution in [0.5, 0.6) is 0 Å². The van der Waals surface area contributed by atoms with Crippen LogP contribution in [0.1, 0.15) is 36.8 Å². The SMILES string of the molecule is CS(=O)(=O)C1CCN(Cc2ccc(-c3cc4c5c(cnc4[nH]3)NC(=O)N(C3CCN(S(N)(=O)=O)CC3)C5)cc2)CC1. The number of hydrogen-bond donors (Lipinski definition) is 3. The molecule has 2 saturated heterocycles. The van der Waals surface area contributed by atoms with Crippen molar-refractivity contribution in [2.24, 2.45) is 5.14 Å². The Morgan fingerprint density at radius 3 is 2.32 bits per heavy atom. The normalized spacial score (nSPS) is 20.3. The Bertz CT molecular complexity index is 1670. The number of fused-ring (bicyclic) bond motifs is 3. The number of benzene rings is 1. The molecule has 1 aromatic carbocycles. The van der Waals surface area contributed by atoms with Gasteiger partial charge in [0.1, 0.15) is 15.5 Å². The van der Waals surface area contributed by atoms with E-state index in [0.717, 1.165) is 47.5 Å². The molecule has 14 heteroatoms. The summed E-state index contributed by atoms with van der Waals surface area (Å²) in [7, 11) is -6.71. The third kappa shape index (κ3) is 5.84. The van der Waals surface area contributed by atoms with Gasteiger partial charge in [0.15, 0.2) is 0 Å². The second kappa shape index (κ2) is 10.7. The lowest BCUT2D eigenvalue weighted by Gasteiger charge is -2.39. The Labute approximate surface area is 240 Å². The maximum Gasteiger partial charge on any atom is 0.322 e. The summed E-state index contributed by atoms with van der Waals surface area (Å²) in [5, 5.41) is 8.94. The van der Waals surface area contributed by atoms with E-state index in [2.05, 4.69) is 50.5 Å². The highest BCUT2D eigenvalue weighted by Crippen LogP contribution is 2.34. The molecule has 3 aromatic rings. The predicted molar refractivity (Wildman–Crippen MR) is 157 cm³/mol. The quantitative estimate of drug-likeness (QED) is 0.390. The van der Waals surface area contributed by atoms with Crippen molar-refractivity contribution in [1.29, 1.82) is 0 Å². The first kappa shape index (κ1) is 28.1. The van der Waals surface area contributed by atoms with Crippen LogP contribution in [-0.2, 0) is 33.1 Å². The fourth-order valence-electron chi connectivity index (χ4n) is 6.24.